The molecule has 1 N–H and O–H groups in total. The maximum Gasteiger partial charge on any atom is 0.228 e. The van der Waals surface area contributed by atoms with Crippen LogP contribution in [0.3, 0.4) is 0 Å². The van der Waals surface area contributed by atoms with E-state index in [2.05, 4.69) is 12.2 Å². The summed E-state index contributed by atoms with van der Waals surface area (Å²) in [4.78, 5) is 26.3. The molecule has 2 amide bonds. The minimum Gasteiger partial charge on any atom is -0.495 e. The van der Waals surface area contributed by atoms with E-state index in [0.29, 0.717) is 23.6 Å². The van der Waals surface area contributed by atoms with E-state index in [9.17, 15) is 9.59 Å². The number of carbonyl (C=O) groups excluding carboxylic acids is 2. The summed E-state index contributed by atoms with van der Waals surface area (Å²) in [5.41, 5.74) is 3.60. The quantitative estimate of drug-likeness (QED) is 0.808. The minimum atomic E-state index is -0.117. The number of nitrogens with zero attached hydrogens (tertiary/aromatic N) is 1. The zero-order valence-electron chi connectivity index (χ0n) is 15.5. The summed E-state index contributed by atoms with van der Waals surface area (Å²) in [7, 11) is 1.55. The minimum absolute atomic E-state index is 0.117. The maximum absolute atomic E-state index is 12.4. The Kier molecular flexibility index (Phi) is 6.01. The number of fused-ring (bicyclic) bond motifs is 1. The van der Waals surface area contributed by atoms with Gasteiger partial charge < -0.3 is 15.0 Å². The highest BCUT2D eigenvalue weighted by Crippen LogP contribution is 2.30. The molecule has 142 valence electrons. The predicted molar refractivity (Wildman–Crippen MR) is 108 cm³/mol. The van der Waals surface area contributed by atoms with Crippen molar-refractivity contribution >= 4 is 34.8 Å². The van der Waals surface area contributed by atoms with Gasteiger partial charge in [-0.15, -0.1) is 0 Å². The molecule has 0 aliphatic carbocycles. The molecule has 0 saturated heterocycles. The van der Waals surface area contributed by atoms with Gasteiger partial charge in [-0.1, -0.05) is 24.6 Å². The van der Waals surface area contributed by atoms with Crippen molar-refractivity contribution in [2.45, 2.75) is 32.6 Å². The molecule has 1 aliphatic heterocycles. The van der Waals surface area contributed by atoms with Crippen LogP contribution in [0.5, 0.6) is 5.75 Å². The molecule has 5 nitrogen and oxygen atoms in total. The van der Waals surface area contributed by atoms with E-state index in [0.717, 1.165) is 35.5 Å². The first-order chi connectivity index (χ1) is 13.0. The first-order valence-corrected chi connectivity index (χ1v) is 9.45. The summed E-state index contributed by atoms with van der Waals surface area (Å²) in [6.07, 6.45) is 2.34. The summed E-state index contributed by atoms with van der Waals surface area (Å²) in [5.74, 6) is 0.632. The van der Waals surface area contributed by atoms with Gasteiger partial charge in [0.05, 0.1) is 18.6 Å². The number of nitrogens with one attached hydrogen (secondary N) is 1. The Balaban J connectivity index is 1.70. The molecule has 1 heterocycles. The number of halogens is 1. The number of benzene rings is 2. The molecule has 1 aliphatic rings. The molecule has 0 spiro atoms. The van der Waals surface area contributed by atoms with Gasteiger partial charge in [0.15, 0.2) is 0 Å². The Morgan fingerprint density at radius 1 is 1.22 bits per heavy atom. The number of anilines is 2. The van der Waals surface area contributed by atoms with Gasteiger partial charge in [-0.2, -0.15) is 0 Å². The van der Waals surface area contributed by atoms with Crippen LogP contribution >= 0.6 is 11.6 Å². The summed E-state index contributed by atoms with van der Waals surface area (Å²) in [6, 6.07) is 11.0. The van der Waals surface area contributed by atoms with Crippen molar-refractivity contribution in [3.8, 4) is 5.75 Å². The van der Waals surface area contributed by atoms with Crippen molar-refractivity contribution in [2.24, 2.45) is 0 Å². The van der Waals surface area contributed by atoms with Gasteiger partial charge in [0, 0.05) is 24.3 Å². The second-order valence-electron chi connectivity index (χ2n) is 6.58. The highest BCUT2D eigenvalue weighted by atomic mass is 35.5. The van der Waals surface area contributed by atoms with Gasteiger partial charge in [0.2, 0.25) is 11.8 Å². The van der Waals surface area contributed by atoms with Crippen molar-refractivity contribution in [3.05, 3.63) is 52.5 Å². The Morgan fingerprint density at radius 2 is 2.04 bits per heavy atom. The van der Waals surface area contributed by atoms with Crippen LogP contribution < -0.4 is 15.0 Å². The first kappa shape index (κ1) is 19.2. The number of carbonyl (C=O) groups is 2. The van der Waals surface area contributed by atoms with Crippen LogP contribution in [0.2, 0.25) is 5.02 Å². The lowest BCUT2D eigenvalue weighted by molar-refractivity contribution is -0.119. The van der Waals surface area contributed by atoms with E-state index >= 15 is 0 Å². The van der Waals surface area contributed by atoms with Crippen LogP contribution in [0.15, 0.2) is 36.4 Å². The van der Waals surface area contributed by atoms with E-state index in [1.165, 1.54) is 0 Å². The molecule has 2 aromatic rings. The molecule has 2 aromatic carbocycles. The van der Waals surface area contributed by atoms with Gasteiger partial charge in [-0.05, 0) is 54.3 Å². The fourth-order valence-corrected chi connectivity index (χ4v) is 3.60. The van der Waals surface area contributed by atoms with Crippen LogP contribution in [0.1, 0.15) is 30.9 Å². The fourth-order valence-electron chi connectivity index (χ4n) is 3.32. The predicted octanol–water partition coefficient (Wildman–Crippen LogP) is 4.22. The molecule has 0 atom stereocenters. The lowest BCUT2D eigenvalue weighted by Gasteiger charge is -2.29. The van der Waals surface area contributed by atoms with E-state index in [1.54, 1.807) is 19.2 Å². The van der Waals surface area contributed by atoms with Crippen molar-refractivity contribution in [1.82, 2.24) is 0 Å². The summed E-state index contributed by atoms with van der Waals surface area (Å²) >= 11 is 6.11. The van der Waals surface area contributed by atoms with E-state index < -0.39 is 0 Å². The van der Waals surface area contributed by atoms with Crippen molar-refractivity contribution in [1.29, 1.82) is 0 Å². The number of hydrogen-bond acceptors (Lipinski definition) is 3. The molecule has 0 radical (unpaired) electrons. The fraction of sp³-hybridized carbons (Fsp3) is 0.333. The zero-order valence-corrected chi connectivity index (χ0v) is 16.3. The molecule has 27 heavy (non-hydrogen) atoms. The molecule has 0 unspecified atom stereocenters. The number of amides is 2. The standard InChI is InChI=1S/C21H23ClN2O3/c1-3-10-24-18-7-6-16(13-15(18)5-9-21(24)26)23-20(25)12-14-4-8-19(27-2)17(22)11-14/h4,6-8,11,13H,3,5,9-10,12H2,1-2H3,(H,23,25). The Labute approximate surface area is 164 Å². The second-order valence-corrected chi connectivity index (χ2v) is 6.99. The average Bonchev–Trinajstić information content (AvgIpc) is 2.64. The van der Waals surface area contributed by atoms with Gasteiger partial charge >= 0.3 is 0 Å². The molecule has 0 fully saturated rings. The normalized spacial score (nSPS) is 13.3. The summed E-state index contributed by atoms with van der Waals surface area (Å²) < 4.78 is 5.13. The molecular formula is C21H23ClN2O3. The van der Waals surface area contributed by atoms with Crippen LogP contribution in [0.25, 0.3) is 0 Å². The third kappa shape index (κ3) is 4.42. The van der Waals surface area contributed by atoms with E-state index in [4.69, 9.17) is 16.3 Å². The van der Waals surface area contributed by atoms with Crippen molar-refractivity contribution in [2.75, 3.05) is 23.9 Å². The number of aryl methyl sites for hydroxylation is 1. The lowest BCUT2D eigenvalue weighted by atomic mass is 10.00. The van der Waals surface area contributed by atoms with Gasteiger partial charge in [0.1, 0.15) is 5.75 Å². The van der Waals surface area contributed by atoms with Gasteiger partial charge in [-0.3, -0.25) is 9.59 Å². The first-order valence-electron chi connectivity index (χ1n) is 9.07. The van der Waals surface area contributed by atoms with Crippen molar-refractivity contribution in [3.63, 3.8) is 0 Å². The topological polar surface area (TPSA) is 58.6 Å². The lowest BCUT2D eigenvalue weighted by Crippen LogP contribution is -2.35. The van der Waals surface area contributed by atoms with Crippen LogP contribution in [0.4, 0.5) is 11.4 Å². The molecule has 0 aromatic heterocycles. The third-order valence-corrected chi connectivity index (χ3v) is 4.89. The number of methoxy groups -OCH3 is 1. The number of hydrogen-bond donors (Lipinski definition) is 1. The number of ether oxygens (including phenoxy) is 1. The third-order valence-electron chi connectivity index (χ3n) is 4.59. The SMILES string of the molecule is CCCN1C(=O)CCc2cc(NC(=O)Cc3ccc(OC)c(Cl)c3)ccc21. The molecule has 6 heteroatoms. The van der Waals surface area contributed by atoms with Crippen LogP contribution in [-0.2, 0) is 22.4 Å². The number of rotatable bonds is 6. The summed E-state index contributed by atoms with van der Waals surface area (Å²) in [6.45, 7) is 2.78. The van der Waals surface area contributed by atoms with Crippen LogP contribution in [-0.4, -0.2) is 25.5 Å². The molecule has 0 saturated carbocycles. The second kappa shape index (κ2) is 8.44. The highest BCUT2D eigenvalue weighted by Gasteiger charge is 2.23. The summed E-state index contributed by atoms with van der Waals surface area (Å²) in [5, 5.41) is 3.41. The van der Waals surface area contributed by atoms with E-state index in [1.807, 2.05) is 29.2 Å². The van der Waals surface area contributed by atoms with Gasteiger partial charge in [-0.25, -0.2) is 0 Å². The Bertz CT molecular complexity index is 867. The van der Waals surface area contributed by atoms with Gasteiger partial charge in [0.25, 0.3) is 0 Å². The highest BCUT2D eigenvalue weighted by molar-refractivity contribution is 6.32. The van der Waals surface area contributed by atoms with Crippen LogP contribution in [0, 0.1) is 0 Å². The smallest absolute Gasteiger partial charge is 0.228 e. The monoisotopic (exact) mass is 386 g/mol. The maximum atomic E-state index is 12.4. The zero-order chi connectivity index (χ0) is 19.4. The molecular weight excluding hydrogens is 364 g/mol. The Hall–Kier alpha value is -2.53. The largest absolute Gasteiger partial charge is 0.495 e. The Morgan fingerprint density at radius 3 is 2.74 bits per heavy atom. The molecule has 0 bridgehead atoms. The van der Waals surface area contributed by atoms with E-state index in [-0.39, 0.29) is 18.2 Å². The molecule has 3 rings (SSSR count). The average molecular weight is 387 g/mol. The van der Waals surface area contributed by atoms with Crippen molar-refractivity contribution < 1.29 is 14.3 Å².